The normalized spacial score (nSPS) is 10.6. The number of nitrogens with one attached hydrogen (secondary N) is 1. The largest absolute Gasteiger partial charge is 0.491 e. The van der Waals surface area contributed by atoms with Crippen LogP contribution in [0.1, 0.15) is 11.3 Å². The first-order chi connectivity index (χ1) is 18.1. The maximum Gasteiger partial charge on any atom is 0.249 e. The van der Waals surface area contributed by atoms with E-state index in [1.54, 1.807) is 6.20 Å². The number of halogens is 1. The van der Waals surface area contributed by atoms with Crippen LogP contribution < -0.4 is 10.1 Å². The molecule has 2 aromatic carbocycles. The minimum atomic E-state index is -0.609. The molecule has 0 aliphatic heterocycles. The molecule has 0 bridgehead atoms. The van der Waals surface area contributed by atoms with Crippen molar-refractivity contribution in [1.29, 1.82) is 0 Å². The van der Waals surface area contributed by atoms with Gasteiger partial charge in [0.1, 0.15) is 31.1 Å². The predicted octanol–water partition coefficient (Wildman–Crippen LogP) is 4.04. The molecule has 0 saturated carbocycles. The highest BCUT2D eigenvalue weighted by atomic mass is 35.5. The SMILES string of the molecule is C#CCN(CCOc1cccc2ncnc(Nc3ccc(CCc4ccccn4)c(Cl)c3)c12)C(=O)CO. The predicted molar refractivity (Wildman–Crippen MR) is 144 cm³/mol. The van der Waals surface area contributed by atoms with Gasteiger partial charge >= 0.3 is 0 Å². The highest BCUT2D eigenvalue weighted by molar-refractivity contribution is 6.31. The molecule has 1 amide bonds. The third-order valence-corrected chi connectivity index (χ3v) is 6.06. The van der Waals surface area contributed by atoms with Gasteiger partial charge in [0.25, 0.3) is 0 Å². The van der Waals surface area contributed by atoms with E-state index in [2.05, 4.69) is 26.2 Å². The summed E-state index contributed by atoms with van der Waals surface area (Å²) < 4.78 is 5.99. The fraction of sp³-hybridized carbons (Fsp3) is 0.214. The van der Waals surface area contributed by atoms with E-state index >= 15 is 0 Å². The molecule has 0 fully saturated rings. The number of nitrogens with zero attached hydrogens (tertiary/aromatic N) is 4. The number of anilines is 2. The van der Waals surface area contributed by atoms with Crippen molar-refractivity contribution < 1.29 is 14.6 Å². The van der Waals surface area contributed by atoms with Gasteiger partial charge in [0.15, 0.2) is 0 Å². The number of hydrogen-bond donors (Lipinski definition) is 2. The number of aliphatic hydroxyl groups is 1. The van der Waals surface area contributed by atoms with Crippen LogP contribution in [0.25, 0.3) is 10.9 Å². The van der Waals surface area contributed by atoms with Gasteiger partial charge in [0.05, 0.1) is 24.0 Å². The fourth-order valence-corrected chi connectivity index (χ4v) is 4.11. The second kappa shape index (κ2) is 12.7. The number of amides is 1. The van der Waals surface area contributed by atoms with Gasteiger partial charge in [0, 0.05) is 22.6 Å². The summed E-state index contributed by atoms with van der Waals surface area (Å²) in [6, 6.07) is 17.2. The second-order valence-electron chi connectivity index (χ2n) is 8.15. The molecule has 0 aliphatic carbocycles. The number of rotatable bonds is 11. The van der Waals surface area contributed by atoms with E-state index in [0.717, 1.165) is 29.8 Å². The molecule has 4 aromatic rings. The molecule has 4 rings (SSSR count). The van der Waals surface area contributed by atoms with Crippen molar-refractivity contribution in [3.8, 4) is 18.1 Å². The summed E-state index contributed by atoms with van der Waals surface area (Å²) in [5, 5.41) is 13.8. The van der Waals surface area contributed by atoms with Crippen LogP contribution in [0.2, 0.25) is 5.02 Å². The summed E-state index contributed by atoms with van der Waals surface area (Å²) in [4.78, 5) is 26.4. The second-order valence-corrected chi connectivity index (χ2v) is 8.56. The van der Waals surface area contributed by atoms with E-state index < -0.39 is 12.5 Å². The van der Waals surface area contributed by atoms with Gasteiger partial charge in [-0.2, -0.15) is 0 Å². The average molecular weight is 516 g/mol. The van der Waals surface area contributed by atoms with Crippen molar-refractivity contribution >= 4 is 39.9 Å². The summed E-state index contributed by atoms with van der Waals surface area (Å²) >= 11 is 6.59. The van der Waals surface area contributed by atoms with E-state index in [0.29, 0.717) is 27.5 Å². The maximum absolute atomic E-state index is 11.9. The molecule has 0 aliphatic rings. The Labute approximate surface area is 220 Å². The smallest absolute Gasteiger partial charge is 0.249 e. The summed E-state index contributed by atoms with van der Waals surface area (Å²) in [5.41, 5.74) is 3.52. The number of aryl methyl sites for hydroxylation is 2. The van der Waals surface area contributed by atoms with Crippen LogP contribution in [0, 0.1) is 12.3 Å². The maximum atomic E-state index is 11.9. The van der Waals surface area contributed by atoms with Gasteiger partial charge in [-0.25, -0.2) is 9.97 Å². The molecule has 0 saturated heterocycles. The summed E-state index contributed by atoms with van der Waals surface area (Å²) in [5.74, 6) is 3.08. The van der Waals surface area contributed by atoms with Gasteiger partial charge in [-0.3, -0.25) is 9.78 Å². The van der Waals surface area contributed by atoms with Gasteiger partial charge in [0.2, 0.25) is 5.91 Å². The zero-order valence-electron chi connectivity index (χ0n) is 20.1. The zero-order valence-corrected chi connectivity index (χ0v) is 20.9. The van der Waals surface area contributed by atoms with E-state index in [9.17, 15) is 4.79 Å². The number of carbonyl (C=O) groups is 1. The number of carbonyl (C=O) groups excluding carboxylic acids is 1. The van der Waals surface area contributed by atoms with Crippen LogP contribution in [-0.4, -0.2) is 57.2 Å². The summed E-state index contributed by atoms with van der Waals surface area (Å²) in [6.45, 7) is -0.112. The number of fused-ring (bicyclic) bond motifs is 1. The first kappa shape index (κ1) is 25.9. The van der Waals surface area contributed by atoms with Crippen molar-refractivity contribution in [3.63, 3.8) is 0 Å². The first-order valence-corrected chi connectivity index (χ1v) is 12.1. The standard InChI is InChI=1S/C28H26ClN5O3/c1-2-14-34(26(36)18-35)15-16-37-25-8-5-7-24-27(25)28(32-19-31-24)33-22-12-10-20(23(29)17-22)9-11-21-6-3-4-13-30-21/h1,3-8,10,12-13,17,19,35H,9,11,14-16,18H2,(H,31,32,33). The summed E-state index contributed by atoms with van der Waals surface area (Å²) in [7, 11) is 0. The molecule has 0 atom stereocenters. The van der Waals surface area contributed by atoms with E-state index in [1.165, 1.54) is 11.2 Å². The molecular weight excluding hydrogens is 490 g/mol. The highest BCUT2D eigenvalue weighted by Gasteiger charge is 2.14. The lowest BCUT2D eigenvalue weighted by atomic mass is 10.1. The first-order valence-electron chi connectivity index (χ1n) is 11.7. The van der Waals surface area contributed by atoms with E-state index in [-0.39, 0.29) is 19.7 Å². The van der Waals surface area contributed by atoms with Crippen LogP contribution in [0.15, 0.2) is 67.1 Å². The van der Waals surface area contributed by atoms with Gasteiger partial charge in [-0.1, -0.05) is 35.7 Å². The van der Waals surface area contributed by atoms with Crippen LogP contribution in [0.4, 0.5) is 11.5 Å². The molecule has 2 heterocycles. The Morgan fingerprint density at radius 1 is 1.11 bits per heavy atom. The number of aliphatic hydroxyl groups excluding tert-OH is 1. The molecule has 0 spiro atoms. The minimum Gasteiger partial charge on any atom is -0.491 e. The Hall–Kier alpha value is -4.19. The number of pyridine rings is 1. The van der Waals surface area contributed by atoms with Crippen molar-refractivity contribution in [2.24, 2.45) is 0 Å². The molecule has 188 valence electrons. The Kier molecular flexibility index (Phi) is 8.87. The summed E-state index contributed by atoms with van der Waals surface area (Å²) in [6.07, 6.45) is 10.2. The van der Waals surface area contributed by atoms with E-state index in [4.69, 9.17) is 27.9 Å². The van der Waals surface area contributed by atoms with Crippen LogP contribution in [-0.2, 0) is 17.6 Å². The topological polar surface area (TPSA) is 100 Å². The van der Waals surface area contributed by atoms with Crippen molar-refractivity contribution in [3.05, 3.63) is 83.4 Å². The lowest BCUT2D eigenvalue weighted by molar-refractivity contribution is -0.133. The molecule has 0 radical (unpaired) electrons. The molecule has 9 heteroatoms. The van der Waals surface area contributed by atoms with Gasteiger partial charge in [-0.05, 0) is 54.8 Å². The van der Waals surface area contributed by atoms with Crippen LogP contribution in [0.5, 0.6) is 5.75 Å². The zero-order chi connectivity index (χ0) is 26.0. The number of ether oxygens (including phenoxy) is 1. The Balaban J connectivity index is 1.49. The van der Waals surface area contributed by atoms with Crippen molar-refractivity contribution in [2.75, 3.05) is 31.6 Å². The molecule has 37 heavy (non-hydrogen) atoms. The number of benzene rings is 2. The number of aromatic nitrogens is 3. The minimum absolute atomic E-state index is 0.0901. The number of hydrogen-bond acceptors (Lipinski definition) is 7. The lowest BCUT2D eigenvalue weighted by Gasteiger charge is -2.20. The third kappa shape index (κ3) is 6.73. The quantitative estimate of drug-likeness (QED) is 0.291. The molecular formula is C28H26ClN5O3. The van der Waals surface area contributed by atoms with Gasteiger partial charge in [-0.15, -0.1) is 6.42 Å². The molecule has 0 unspecified atom stereocenters. The van der Waals surface area contributed by atoms with Crippen LogP contribution in [0.3, 0.4) is 0 Å². The molecule has 8 nitrogen and oxygen atoms in total. The lowest BCUT2D eigenvalue weighted by Crippen LogP contribution is -2.36. The van der Waals surface area contributed by atoms with Crippen molar-refractivity contribution in [1.82, 2.24) is 19.9 Å². The molecule has 2 N–H and O–H groups in total. The van der Waals surface area contributed by atoms with Crippen molar-refractivity contribution in [2.45, 2.75) is 12.8 Å². The third-order valence-electron chi connectivity index (χ3n) is 5.71. The van der Waals surface area contributed by atoms with Gasteiger partial charge < -0.3 is 20.1 Å². The van der Waals surface area contributed by atoms with E-state index in [1.807, 2.05) is 54.6 Å². The van der Waals surface area contributed by atoms with Crippen LogP contribution >= 0.6 is 11.6 Å². The monoisotopic (exact) mass is 515 g/mol. The Bertz CT molecular complexity index is 1400. The fourth-order valence-electron chi connectivity index (χ4n) is 3.83. The molecule has 2 aromatic heterocycles. The Morgan fingerprint density at radius 3 is 2.76 bits per heavy atom. The average Bonchev–Trinajstić information content (AvgIpc) is 2.92. The number of terminal acetylenes is 1. The highest BCUT2D eigenvalue weighted by Crippen LogP contribution is 2.32. The Morgan fingerprint density at radius 2 is 2.00 bits per heavy atom.